The van der Waals surface area contributed by atoms with Crippen LogP contribution in [0.3, 0.4) is 0 Å². The van der Waals surface area contributed by atoms with E-state index in [4.69, 9.17) is 9.47 Å². The van der Waals surface area contributed by atoms with Crippen LogP contribution in [0.5, 0.6) is 11.8 Å². The number of aromatic nitrogens is 3. The van der Waals surface area contributed by atoms with Gasteiger partial charge in [0.15, 0.2) is 0 Å². The van der Waals surface area contributed by atoms with Gasteiger partial charge in [0.1, 0.15) is 17.3 Å². The van der Waals surface area contributed by atoms with Gasteiger partial charge in [-0.2, -0.15) is 0 Å². The van der Waals surface area contributed by atoms with Crippen LogP contribution in [0.25, 0.3) is 0 Å². The van der Waals surface area contributed by atoms with Crippen LogP contribution in [0, 0.1) is 17.3 Å². The van der Waals surface area contributed by atoms with E-state index >= 15 is 0 Å². The molecule has 2 aromatic heterocycles. The fourth-order valence-corrected chi connectivity index (χ4v) is 3.74. The first-order chi connectivity index (χ1) is 15.3. The number of rotatable bonds is 5. The molecule has 2 aromatic rings. The van der Waals surface area contributed by atoms with Crippen molar-refractivity contribution in [3.8, 4) is 23.6 Å². The van der Waals surface area contributed by atoms with Crippen LogP contribution < -0.4 is 9.47 Å². The molecule has 0 aliphatic carbocycles. The molecule has 0 radical (unpaired) electrons. The number of hydrogen-bond acceptors (Lipinski definition) is 6. The zero-order chi connectivity index (χ0) is 22.9. The first-order valence-corrected chi connectivity index (χ1v) is 10.5. The second kappa shape index (κ2) is 8.69. The van der Waals surface area contributed by atoms with Crippen molar-refractivity contribution in [2.75, 3.05) is 13.2 Å². The molecule has 0 N–H and O–H groups in total. The second-order valence-electron chi connectivity index (χ2n) is 8.43. The Kier molecular flexibility index (Phi) is 5.96. The summed E-state index contributed by atoms with van der Waals surface area (Å²) in [6, 6.07) is -0.0607. The average molecular weight is 442 g/mol. The summed E-state index contributed by atoms with van der Waals surface area (Å²) >= 11 is 0. The number of halogens is 2. The van der Waals surface area contributed by atoms with Crippen molar-refractivity contribution in [2.24, 2.45) is 5.41 Å². The maximum absolute atomic E-state index is 13.4. The van der Waals surface area contributed by atoms with Crippen LogP contribution in [0.15, 0.2) is 24.8 Å². The predicted molar refractivity (Wildman–Crippen MR) is 111 cm³/mol. The molecule has 2 aliphatic rings. The minimum atomic E-state index is -2.76. The normalized spacial score (nSPS) is 19.1. The monoisotopic (exact) mass is 442 g/mol. The van der Waals surface area contributed by atoms with Crippen molar-refractivity contribution in [1.29, 1.82) is 0 Å². The lowest BCUT2D eigenvalue weighted by atomic mass is 9.91. The summed E-state index contributed by atoms with van der Waals surface area (Å²) in [5.74, 6) is 5.98. The zero-order valence-corrected chi connectivity index (χ0v) is 18.1. The van der Waals surface area contributed by atoms with Gasteiger partial charge in [-0.1, -0.05) is 18.8 Å². The van der Waals surface area contributed by atoms with Crippen LogP contribution in [0.1, 0.15) is 56.3 Å². The van der Waals surface area contributed by atoms with Gasteiger partial charge in [-0.15, -0.1) is 0 Å². The van der Waals surface area contributed by atoms with Crippen molar-refractivity contribution >= 4 is 5.91 Å². The fraction of sp³-hybridized carbons (Fsp3) is 0.478. The largest absolute Gasteiger partial charge is 0.487 e. The summed E-state index contributed by atoms with van der Waals surface area (Å²) in [5, 5.41) is 0. The van der Waals surface area contributed by atoms with E-state index < -0.39 is 17.7 Å². The molecule has 0 aromatic carbocycles. The van der Waals surface area contributed by atoms with Crippen LogP contribution in [0.4, 0.5) is 8.78 Å². The molecule has 7 nitrogen and oxygen atoms in total. The fourth-order valence-electron chi connectivity index (χ4n) is 3.74. The highest BCUT2D eigenvalue weighted by Crippen LogP contribution is 2.46. The minimum absolute atomic E-state index is 0.258. The standard InChI is InChI=1S/C23H24F2N4O3/c1-4-7-31-22-27-9-14(10-28-22)5-6-15-11-26-12-17-18-8-16(32-19(15)17)13-29(18)21(30)23(2,3)20(24)25/h9-12,16,18,20H,4,7-8,13H2,1-3H3/t16-,18-/m0/s1. The van der Waals surface area contributed by atoms with Gasteiger partial charge in [-0.3, -0.25) is 9.78 Å². The Morgan fingerprint density at radius 3 is 2.72 bits per heavy atom. The molecule has 1 fully saturated rings. The van der Waals surface area contributed by atoms with Crippen molar-refractivity contribution in [3.63, 3.8) is 0 Å². The quantitative estimate of drug-likeness (QED) is 0.661. The topological polar surface area (TPSA) is 77.4 Å². The third-order valence-electron chi connectivity index (χ3n) is 5.59. The number of pyridine rings is 1. The molecule has 2 atom stereocenters. The highest BCUT2D eigenvalue weighted by atomic mass is 19.3. The summed E-state index contributed by atoms with van der Waals surface area (Å²) in [5.41, 5.74) is 0.0744. The molecule has 2 aliphatic heterocycles. The van der Waals surface area contributed by atoms with Crippen molar-refractivity contribution < 1.29 is 23.0 Å². The Balaban J connectivity index is 1.59. The SMILES string of the molecule is CCCOc1ncc(C#Cc2cncc3c2O[C@H]2C[C@@H]3N(C(=O)C(C)(C)C(F)F)C2)cn1. The number of fused-ring (bicyclic) bond motifs is 4. The number of carbonyl (C=O) groups is 1. The third kappa shape index (κ3) is 4.09. The molecule has 1 amide bonds. The molecule has 2 bridgehead atoms. The minimum Gasteiger partial charge on any atom is -0.487 e. The van der Waals surface area contributed by atoms with E-state index in [0.29, 0.717) is 41.5 Å². The summed E-state index contributed by atoms with van der Waals surface area (Å²) < 4.78 is 38.3. The first-order valence-electron chi connectivity index (χ1n) is 10.5. The molecule has 1 saturated heterocycles. The molecular weight excluding hydrogens is 418 g/mol. The maximum Gasteiger partial charge on any atom is 0.316 e. The Labute approximate surface area is 185 Å². The summed E-state index contributed by atoms with van der Waals surface area (Å²) in [6.45, 7) is 5.34. The van der Waals surface area contributed by atoms with Gasteiger partial charge in [0.25, 0.3) is 6.43 Å². The van der Waals surface area contributed by atoms with E-state index in [9.17, 15) is 13.6 Å². The zero-order valence-electron chi connectivity index (χ0n) is 18.1. The first kappa shape index (κ1) is 21.9. The van der Waals surface area contributed by atoms with Gasteiger partial charge in [-0.05, 0) is 20.3 Å². The van der Waals surface area contributed by atoms with Crippen LogP contribution in [-0.4, -0.2) is 51.4 Å². The maximum atomic E-state index is 13.4. The van der Waals surface area contributed by atoms with E-state index in [1.54, 1.807) is 24.8 Å². The van der Waals surface area contributed by atoms with E-state index in [1.807, 2.05) is 6.92 Å². The predicted octanol–water partition coefficient (Wildman–Crippen LogP) is 3.39. The smallest absolute Gasteiger partial charge is 0.316 e. The molecule has 4 rings (SSSR count). The molecule has 32 heavy (non-hydrogen) atoms. The summed E-state index contributed by atoms with van der Waals surface area (Å²) in [7, 11) is 0. The van der Waals surface area contributed by atoms with Crippen molar-refractivity contribution in [3.05, 3.63) is 41.5 Å². The van der Waals surface area contributed by atoms with Gasteiger partial charge in [0.2, 0.25) is 5.91 Å². The highest BCUT2D eigenvalue weighted by Gasteiger charge is 2.49. The van der Waals surface area contributed by atoms with Gasteiger partial charge in [0.05, 0.1) is 30.3 Å². The number of nitrogens with zero attached hydrogens (tertiary/aromatic N) is 4. The van der Waals surface area contributed by atoms with Crippen LogP contribution >= 0.6 is 0 Å². The van der Waals surface area contributed by atoms with Gasteiger partial charge in [-0.25, -0.2) is 18.7 Å². The van der Waals surface area contributed by atoms with E-state index in [-0.39, 0.29) is 18.7 Å². The van der Waals surface area contributed by atoms with Crippen molar-refractivity contribution in [2.45, 2.75) is 52.2 Å². The molecular formula is C23H24F2N4O3. The number of alkyl halides is 2. The highest BCUT2D eigenvalue weighted by molar-refractivity contribution is 5.83. The summed E-state index contributed by atoms with van der Waals surface area (Å²) in [4.78, 5) is 26.9. The number of likely N-dealkylation sites (tertiary alicyclic amines) is 1. The second-order valence-corrected chi connectivity index (χ2v) is 8.43. The molecule has 0 spiro atoms. The Morgan fingerprint density at radius 2 is 2.03 bits per heavy atom. The van der Waals surface area contributed by atoms with Gasteiger partial charge >= 0.3 is 6.01 Å². The lowest BCUT2D eigenvalue weighted by molar-refractivity contribution is -0.149. The molecule has 0 unspecified atom stereocenters. The average Bonchev–Trinajstić information content (AvgIpc) is 3.13. The lowest BCUT2D eigenvalue weighted by Crippen LogP contribution is -2.44. The lowest BCUT2D eigenvalue weighted by Gasteiger charge is -2.32. The van der Waals surface area contributed by atoms with E-state index in [1.165, 1.54) is 18.7 Å². The number of ether oxygens (including phenoxy) is 2. The number of hydrogen-bond donors (Lipinski definition) is 0. The molecule has 9 heteroatoms. The molecule has 0 saturated carbocycles. The van der Waals surface area contributed by atoms with E-state index in [0.717, 1.165) is 6.42 Å². The molecule has 4 heterocycles. The number of carbonyl (C=O) groups excluding carboxylic acids is 1. The summed E-state index contributed by atoms with van der Waals surface area (Å²) in [6.07, 6.45) is 4.73. The Morgan fingerprint density at radius 1 is 1.28 bits per heavy atom. The van der Waals surface area contributed by atoms with Crippen LogP contribution in [-0.2, 0) is 4.79 Å². The van der Waals surface area contributed by atoms with Gasteiger partial charge in [0, 0.05) is 36.8 Å². The van der Waals surface area contributed by atoms with Gasteiger partial charge < -0.3 is 14.4 Å². The molecule has 168 valence electrons. The Hall–Kier alpha value is -3.28. The third-order valence-corrected chi connectivity index (χ3v) is 5.59. The van der Waals surface area contributed by atoms with E-state index in [2.05, 4.69) is 26.8 Å². The van der Waals surface area contributed by atoms with Crippen LogP contribution in [0.2, 0.25) is 0 Å². The number of amides is 1. The van der Waals surface area contributed by atoms with Crippen molar-refractivity contribution in [1.82, 2.24) is 19.9 Å². The Bertz CT molecular complexity index is 1060.